The van der Waals surface area contributed by atoms with Crippen LogP contribution in [0.5, 0.6) is 0 Å². The Balaban J connectivity index is 1.55. The van der Waals surface area contributed by atoms with E-state index >= 15 is 8.78 Å². The summed E-state index contributed by atoms with van der Waals surface area (Å²) >= 11 is 6.82. The lowest BCUT2D eigenvalue weighted by Crippen LogP contribution is -2.57. The van der Waals surface area contributed by atoms with Crippen LogP contribution >= 0.6 is 11.6 Å². The van der Waals surface area contributed by atoms with Gasteiger partial charge >= 0.3 is 12.2 Å². The molecule has 0 radical (unpaired) electrons. The molecule has 9 nitrogen and oxygen atoms in total. The first-order chi connectivity index (χ1) is 27.4. The minimum atomic E-state index is -2.33. The number of carbonyl (C=O) groups is 2. The van der Waals surface area contributed by atoms with E-state index in [0.717, 1.165) is 12.8 Å². The molecule has 59 heavy (non-hydrogen) atoms. The number of halogens is 3. The van der Waals surface area contributed by atoms with Crippen LogP contribution in [0.2, 0.25) is 21.8 Å². The molecule has 2 unspecified atom stereocenters. The first-order valence-electron chi connectivity index (χ1n) is 20.6. The van der Waals surface area contributed by atoms with Gasteiger partial charge in [-0.2, -0.15) is 0 Å². The molecule has 0 spiro atoms. The molecule has 316 valence electrons. The van der Waals surface area contributed by atoms with Crippen molar-refractivity contribution < 1.29 is 27.8 Å². The predicted octanol–water partition coefficient (Wildman–Crippen LogP) is 12.2. The fraction of sp³-hybridized carbons (Fsp3) is 0.522. The number of nitrogens with zero attached hydrogens (tertiary/aromatic N) is 4. The molecule has 4 heterocycles. The third-order valence-corrected chi connectivity index (χ3v) is 18.4. The summed E-state index contributed by atoms with van der Waals surface area (Å²) in [6.07, 6.45) is 2.14. The van der Waals surface area contributed by atoms with Crippen molar-refractivity contribution in [2.75, 3.05) is 23.3 Å². The number of fused-ring (bicyclic) bond motifs is 4. The number of aromatic nitrogens is 2. The van der Waals surface area contributed by atoms with Crippen LogP contribution in [-0.2, 0) is 9.47 Å². The summed E-state index contributed by atoms with van der Waals surface area (Å²) in [7, 11) is -2.33. The van der Waals surface area contributed by atoms with Crippen molar-refractivity contribution in [1.82, 2.24) is 14.9 Å². The molecule has 2 aromatic carbocycles. The van der Waals surface area contributed by atoms with Crippen LogP contribution in [0.15, 0.2) is 30.5 Å². The predicted molar refractivity (Wildman–Crippen MR) is 237 cm³/mol. The van der Waals surface area contributed by atoms with E-state index in [0.29, 0.717) is 62.9 Å². The van der Waals surface area contributed by atoms with Gasteiger partial charge < -0.3 is 14.4 Å². The molecule has 2 saturated heterocycles. The normalized spacial score (nSPS) is 17.3. The number of ether oxygens (including phenoxy) is 2. The number of anilines is 2. The van der Waals surface area contributed by atoms with Crippen molar-refractivity contribution in [1.29, 1.82) is 0 Å². The highest BCUT2D eigenvalue weighted by Crippen LogP contribution is 2.44. The summed E-state index contributed by atoms with van der Waals surface area (Å²) in [4.78, 5) is 39.7. The van der Waals surface area contributed by atoms with Gasteiger partial charge in [0.15, 0.2) is 5.82 Å². The molecule has 2 aliphatic rings. The molecule has 1 N–H and O–H groups in total. The first kappa shape index (κ1) is 44.1. The minimum Gasteiger partial charge on any atom is -0.444 e. The Labute approximate surface area is 353 Å². The number of amides is 2. The van der Waals surface area contributed by atoms with Crippen LogP contribution in [-0.4, -0.2) is 71.5 Å². The largest absolute Gasteiger partial charge is 0.444 e. The highest BCUT2D eigenvalue weighted by Gasteiger charge is 2.45. The average Bonchev–Trinajstić information content (AvgIpc) is 3.38. The lowest BCUT2D eigenvalue weighted by molar-refractivity contribution is 0.0122. The fourth-order valence-electron chi connectivity index (χ4n) is 9.33. The summed E-state index contributed by atoms with van der Waals surface area (Å²) in [5.41, 5.74) is 4.20. The third-order valence-electron chi connectivity index (χ3n) is 11.8. The molecule has 6 rings (SSSR count). The SMILES string of the molecule is Cc1c(Cl)nc(N2CC3CCC(C2)N3C(=O)OC(C)(C)C)c2cnc(-c3cc(NC(=O)OC(C)(C)C)cc4ccc(F)c(C#C[Si](C(C)C)(C(C)C)C(C)C)c34)c(F)c12. The van der Waals surface area contributed by atoms with E-state index in [9.17, 15) is 9.59 Å². The lowest BCUT2D eigenvalue weighted by atomic mass is 9.94. The standard InChI is InChI=1S/C46H58ClF2N5O4Si/c1-25(2)59(26(3)4,27(5)6)19-18-33-36(48)17-14-29-20-30(51-43(55)57-45(8,9)10)21-34(38(29)33)40-39(49)37-28(7)41(47)52-42(35(37)22-50-40)53-23-31-15-16-32(24-53)54(31)44(56)58-46(11,12)13/h14,17,20-22,25-27,31-32H,15-16,23-24H2,1-13H3,(H,51,55). The molecule has 2 amide bonds. The second-order valence-corrected chi connectivity index (χ2v) is 25.0. The minimum absolute atomic E-state index is 0.0600. The van der Waals surface area contributed by atoms with Crippen molar-refractivity contribution in [3.63, 3.8) is 0 Å². The Morgan fingerprint density at radius 2 is 1.51 bits per heavy atom. The first-order valence-corrected chi connectivity index (χ1v) is 23.2. The zero-order chi connectivity index (χ0) is 43.5. The van der Waals surface area contributed by atoms with Crippen molar-refractivity contribution in [3.05, 3.63) is 58.4 Å². The van der Waals surface area contributed by atoms with E-state index < -0.39 is 37.0 Å². The van der Waals surface area contributed by atoms with Gasteiger partial charge in [0.2, 0.25) is 0 Å². The van der Waals surface area contributed by atoms with Gasteiger partial charge in [-0.25, -0.2) is 23.4 Å². The Kier molecular flexibility index (Phi) is 12.1. The molecule has 2 aliphatic heterocycles. The smallest absolute Gasteiger partial charge is 0.412 e. The highest BCUT2D eigenvalue weighted by molar-refractivity contribution is 6.90. The van der Waals surface area contributed by atoms with E-state index in [4.69, 9.17) is 31.0 Å². The van der Waals surface area contributed by atoms with Gasteiger partial charge in [0.25, 0.3) is 0 Å². The zero-order valence-electron chi connectivity index (χ0n) is 36.7. The van der Waals surface area contributed by atoms with Crippen LogP contribution in [0.3, 0.4) is 0 Å². The Morgan fingerprint density at radius 3 is 2.07 bits per heavy atom. The monoisotopic (exact) mass is 845 g/mol. The van der Waals surface area contributed by atoms with Crippen LogP contribution in [0, 0.1) is 30.0 Å². The van der Waals surface area contributed by atoms with E-state index in [1.54, 1.807) is 52.1 Å². The summed E-state index contributed by atoms with van der Waals surface area (Å²) in [5.74, 6) is 2.57. The molecular formula is C46H58ClF2N5O4Si. The van der Waals surface area contributed by atoms with Gasteiger partial charge in [0, 0.05) is 46.7 Å². The van der Waals surface area contributed by atoms with Gasteiger partial charge in [0.1, 0.15) is 41.8 Å². The maximum absolute atomic E-state index is 17.6. The van der Waals surface area contributed by atoms with Gasteiger partial charge in [-0.15, -0.1) is 5.54 Å². The number of aryl methyl sites for hydroxylation is 1. The van der Waals surface area contributed by atoms with E-state index in [2.05, 4.69) is 63.2 Å². The van der Waals surface area contributed by atoms with Crippen molar-refractivity contribution in [2.24, 2.45) is 0 Å². The van der Waals surface area contributed by atoms with Crippen LogP contribution in [0.25, 0.3) is 32.8 Å². The molecule has 13 heteroatoms. The van der Waals surface area contributed by atoms with Gasteiger partial charge in [-0.1, -0.05) is 65.1 Å². The van der Waals surface area contributed by atoms with Gasteiger partial charge in [-0.3, -0.25) is 15.2 Å². The molecule has 4 aromatic rings. The van der Waals surface area contributed by atoms with Crippen LogP contribution < -0.4 is 10.2 Å². The number of carbonyl (C=O) groups excluding carboxylic acids is 2. The number of rotatable bonds is 6. The molecule has 2 fully saturated rings. The number of hydrogen-bond acceptors (Lipinski definition) is 7. The van der Waals surface area contributed by atoms with Gasteiger partial charge in [-0.05, 0) is 107 Å². The number of piperazine rings is 1. The number of benzene rings is 2. The second kappa shape index (κ2) is 16.2. The maximum atomic E-state index is 17.6. The molecular weight excluding hydrogens is 788 g/mol. The second-order valence-electron chi connectivity index (χ2n) is 19.1. The Morgan fingerprint density at radius 1 is 0.915 bits per heavy atom. The number of pyridine rings is 2. The van der Waals surface area contributed by atoms with E-state index in [1.165, 1.54) is 6.07 Å². The fourth-order valence-corrected chi connectivity index (χ4v) is 14.7. The number of nitrogens with one attached hydrogen (secondary N) is 1. The van der Waals surface area contributed by atoms with Crippen molar-refractivity contribution in [3.8, 4) is 22.7 Å². The summed E-state index contributed by atoms with van der Waals surface area (Å²) in [6.45, 7) is 26.6. The average molecular weight is 847 g/mol. The van der Waals surface area contributed by atoms with Crippen LogP contribution in [0.4, 0.5) is 29.9 Å². The molecule has 2 atom stereocenters. The van der Waals surface area contributed by atoms with Gasteiger partial charge in [0.05, 0.1) is 17.6 Å². The number of hydrogen-bond donors (Lipinski definition) is 1. The molecule has 2 bridgehead atoms. The Hall–Kier alpha value is -4.47. The van der Waals surface area contributed by atoms with E-state index in [-0.39, 0.29) is 45.5 Å². The summed E-state index contributed by atoms with van der Waals surface area (Å²) in [6, 6.07) is 6.02. The van der Waals surface area contributed by atoms with Crippen molar-refractivity contribution in [2.45, 2.75) is 143 Å². The zero-order valence-corrected chi connectivity index (χ0v) is 38.4. The van der Waals surface area contributed by atoms with Crippen LogP contribution in [0.1, 0.15) is 107 Å². The quantitative estimate of drug-likeness (QED) is 0.117. The highest BCUT2D eigenvalue weighted by atomic mass is 35.5. The summed E-state index contributed by atoms with van der Waals surface area (Å²) in [5, 5.41) is 4.52. The molecule has 0 saturated carbocycles. The maximum Gasteiger partial charge on any atom is 0.412 e. The van der Waals surface area contributed by atoms with Crippen molar-refractivity contribution >= 4 is 64.9 Å². The molecule has 0 aliphatic carbocycles. The van der Waals surface area contributed by atoms with E-state index in [1.807, 2.05) is 25.7 Å². The lowest BCUT2D eigenvalue weighted by Gasteiger charge is -2.42. The summed E-state index contributed by atoms with van der Waals surface area (Å²) < 4.78 is 45.2. The Bertz CT molecular complexity index is 2340. The topological polar surface area (TPSA) is 96.9 Å². The molecule has 2 aromatic heterocycles. The third kappa shape index (κ3) is 8.60.